The highest BCUT2D eigenvalue weighted by Gasteiger charge is 2.25. The van der Waals surface area contributed by atoms with Gasteiger partial charge in [0, 0.05) is 5.56 Å². The van der Waals surface area contributed by atoms with E-state index in [1.54, 1.807) is 12.0 Å². The predicted octanol–water partition coefficient (Wildman–Crippen LogP) is 0.887. The van der Waals surface area contributed by atoms with E-state index in [9.17, 15) is 0 Å². The molecule has 0 bridgehead atoms. The normalized spacial score (nSPS) is 29.0. The lowest BCUT2D eigenvalue weighted by atomic mass is 10.1. The summed E-state index contributed by atoms with van der Waals surface area (Å²) in [7, 11) is 1.70. The molecule has 1 aliphatic rings. The summed E-state index contributed by atoms with van der Waals surface area (Å²) in [4.78, 5) is 1.60. The third-order valence-corrected chi connectivity index (χ3v) is 3.23. The van der Waals surface area contributed by atoms with Gasteiger partial charge in [-0.15, -0.1) is 0 Å². The number of benzene rings is 1. The Hall–Kier alpha value is -1.06. The first-order valence-corrected chi connectivity index (χ1v) is 6.29. The first-order chi connectivity index (χ1) is 8.17. The van der Waals surface area contributed by atoms with E-state index in [0.29, 0.717) is 12.2 Å². The van der Waals surface area contributed by atoms with Gasteiger partial charge in [0.15, 0.2) is 0 Å². The molecule has 17 heavy (non-hydrogen) atoms. The summed E-state index contributed by atoms with van der Waals surface area (Å²) in [6, 6.07) is 8.36. The van der Waals surface area contributed by atoms with Crippen LogP contribution in [0.25, 0.3) is 0 Å². The first kappa shape index (κ1) is 12.4. The van der Waals surface area contributed by atoms with Crippen molar-refractivity contribution in [3.05, 3.63) is 29.8 Å². The topological polar surface area (TPSA) is 22.9 Å². The fourth-order valence-corrected chi connectivity index (χ4v) is 2.57. The van der Waals surface area contributed by atoms with E-state index in [1.165, 1.54) is 5.56 Å². The molecule has 1 aliphatic heterocycles. The van der Waals surface area contributed by atoms with E-state index in [2.05, 4.69) is 26.0 Å². The third-order valence-electron chi connectivity index (χ3n) is 3.23. The van der Waals surface area contributed by atoms with Gasteiger partial charge in [-0.05, 0) is 38.1 Å². The quantitative estimate of drug-likeness (QED) is 0.842. The zero-order valence-corrected chi connectivity index (χ0v) is 10.9. The first-order valence-electron chi connectivity index (χ1n) is 6.29. The summed E-state index contributed by atoms with van der Waals surface area (Å²) in [6.45, 7) is 7.57. The minimum atomic E-state index is 0.368. The van der Waals surface area contributed by atoms with Crippen LogP contribution in [0.1, 0.15) is 19.4 Å². The predicted molar refractivity (Wildman–Crippen MR) is 67.4 cm³/mol. The van der Waals surface area contributed by atoms with Crippen molar-refractivity contribution in [3.63, 3.8) is 0 Å². The zero-order chi connectivity index (χ0) is 12.3. The molecule has 0 aliphatic carbocycles. The molecule has 0 saturated carbocycles. The van der Waals surface area contributed by atoms with Gasteiger partial charge in [-0.1, -0.05) is 0 Å². The Morgan fingerprint density at radius 2 is 1.76 bits per heavy atom. The molecule has 1 N–H and O–H groups in total. The van der Waals surface area contributed by atoms with E-state index in [0.717, 1.165) is 25.4 Å². The fourth-order valence-electron chi connectivity index (χ4n) is 2.57. The molecule has 1 heterocycles. The lowest BCUT2D eigenvalue weighted by Crippen LogP contribution is -3.14. The van der Waals surface area contributed by atoms with Crippen molar-refractivity contribution in [3.8, 4) is 5.75 Å². The molecule has 3 heteroatoms. The maximum atomic E-state index is 5.75. The lowest BCUT2D eigenvalue weighted by Gasteiger charge is -2.32. The second-order valence-electron chi connectivity index (χ2n) is 4.94. The van der Waals surface area contributed by atoms with Crippen molar-refractivity contribution >= 4 is 0 Å². The molecule has 0 radical (unpaired) electrons. The molecule has 1 saturated heterocycles. The van der Waals surface area contributed by atoms with E-state index in [-0.39, 0.29) is 0 Å². The van der Waals surface area contributed by atoms with E-state index < -0.39 is 0 Å². The zero-order valence-electron chi connectivity index (χ0n) is 10.9. The molecule has 1 fully saturated rings. The minimum Gasteiger partial charge on any atom is -0.497 e. The van der Waals surface area contributed by atoms with Crippen LogP contribution < -0.4 is 9.64 Å². The van der Waals surface area contributed by atoms with Gasteiger partial charge < -0.3 is 14.4 Å². The Balaban J connectivity index is 1.95. The highest BCUT2D eigenvalue weighted by molar-refractivity contribution is 5.26. The van der Waals surface area contributed by atoms with Gasteiger partial charge in [0.25, 0.3) is 0 Å². The van der Waals surface area contributed by atoms with Crippen LogP contribution in [0.5, 0.6) is 5.75 Å². The van der Waals surface area contributed by atoms with Gasteiger partial charge in [0.1, 0.15) is 37.6 Å². The maximum Gasteiger partial charge on any atom is 0.118 e. The number of quaternary nitrogens is 1. The second kappa shape index (κ2) is 5.52. The molecule has 3 atom stereocenters. The minimum absolute atomic E-state index is 0.368. The Kier molecular flexibility index (Phi) is 4.02. The van der Waals surface area contributed by atoms with Gasteiger partial charge in [0.2, 0.25) is 0 Å². The van der Waals surface area contributed by atoms with E-state index in [4.69, 9.17) is 9.47 Å². The van der Waals surface area contributed by atoms with Crippen molar-refractivity contribution in [2.45, 2.75) is 32.6 Å². The Bertz CT molecular complexity index is 340. The summed E-state index contributed by atoms with van der Waals surface area (Å²) < 4.78 is 10.9. The van der Waals surface area contributed by atoms with Crippen molar-refractivity contribution < 1.29 is 14.4 Å². The number of methoxy groups -OCH3 is 1. The number of hydrogen-bond acceptors (Lipinski definition) is 2. The Morgan fingerprint density at radius 1 is 1.18 bits per heavy atom. The van der Waals surface area contributed by atoms with Crippen LogP contribution in [0.15, 0.2) is 24.3 Å². The standard InChI is InChI=1S/C14H21NO2/c1-11-8-15(9-12(2)17-11)10-13-4-6-14(16-3)7-5-13/h4-7,11-12H,8-10H2,1-3H3/p+1/t11-,12+. The summed E-state index contributed by atoms with van der Waals surface area (Å²) in [5, 5.41) is 0. The summed E-state index contributed by atoms with van der Waals surface area (Å²) >= 11 is 0. The van der Waals surface area contributed by atoms with Crippen LogP contribution in [-0.2, 0) is 11.3 Å². The van der Waals surface area contributed by atoms with Crippen LogP contribution >= 0.6 is 0 Å². The molecule has 1 aromatic carbocycles. The molecule has 1 aromatic rings. The molecule has 3 nitrogen and oxygen atoms in total. The van der Waals surface area contributed by atoms with Crippen LogP contribution in [-0.4, -0.2) is 32.4 Å². The van der Waals surface area contributed by atoms with E-state index >= 15 is 0 Å². The molecule has 1 unspecified atom stereocenters. The van der Waals surface area contributed by atoms with Crippen molar-refractivity contribution in [1.29, 1.82) is 0 Å². The third kappa shape index (κ3) is 3.45. The molecule has 0 spiro atoms. The maximum absolute atomic E-state index is 5.75. The molecule has 94 valence electrons. The summed E-state index contributed by atoms with van der Waals surface area (Å²) in [6.07, 6.45) is 0.735. The largest absolute Gasteiger partial charge is 0.497 e. The highest BCUT2D eigenvalue weighted by Crippen LogP contribution is 2.10. The smallest absolute Gasteiger partial charge is 0.118 e. The summed E-state index contributed by atoms with van der Waals surface area (Å²) in [5.74, 6) is 0.924. The van der Waals surface area contributed by atoms with Gasteiger partial charge in [-0.2, -0.15) is 0 Å². The lowest BCUT2D eigenvalue weighted by molar-refractivity contribution is -0.928. The Morgan fingerprint density at radius 3 is 2.29 bits per heavy atom. The number of morpholine rings is 1. The SMILES string of the molecule is COc1ccc(C[NH+]2C[C@@H](C)O[C@@H](C)C2)cc1. The fraction of sp³-hybridized carbons (Fsp3) is 0.571. The molecule has 2 rings (SSSR count). The van der Waals surface area contributed by atoms with Crippen LogP contribution in [0.3, 0.4) is 0 Å². The van der Waals surface area contributed by atoms with Crippen molar-refractivity contribution in [1.82, 2.24) is 0 Å². The van der Waals surface area contributed by atoms with Gasteiger partial charge in [-0.3, -0.25) is 0 Å². The molecular weight excluding hydrogens is 214 g/mol. The van der Waals surface area contributed by atoms with Crippen LogP contribution in [0.4, 0.5) is 0 Å². The van der Waals surface area contributed by atoms with E-state index in [1.807, 2.05) is 12.1 Å². The Labute approximate surface area is 103 Å². The van der Waals surface area contributed by atoms with Gasteiger partial charge in [0.05, 0.1) is 7.11 Å². The average Bonchev–Trinajstić information content (AvgIpc) is 2.28. The average molecular weight is 236 g/mol. The molecule has 0 amide bonds. The van der Waals surface area contributed by atoms with Gasteiger partial charge in [-0.25, -0.2) is 0 Å². The number of hydrogen-bond donors (Lipinski definition) is 1. The molecule has 0 aromatic heterocycles. The summed E-state index contributed by atoms with van der Waals surface area (Å²) in [5.41, 5.74) is 1.36. The van der Waals surface area contributed by atoms with Crippen LogP contribution in [0, 0.1) is 0 Å². The molecular formula is C14H22NO2+. The highest BCUT2D eigenvalue weighted by atomic mass is 16.5. The van der Waals surface area contributed by atoms with Gasteiger partial charge >= 0.3 is 0 Å². The monoisotopic (exact) mass is 236 g/mol. The van der Waals surface area contributed by atoms with Crippen molar-refractivity contribution in [2.75, 3.05) is 20.2 Å². The van der Waals surface area contributed by atoms with Crippen LogP contribution in [0.2, 0.25) is 0 Å². The number of ether oxygens (including phenoxy) is 2. The van der Waals surface area contributed by atoms with Crippen molar-refractivity contribution in [2.24, 2.45) is 0 Å². The second-order valence-corrected chi connectivity index (χ2v) is 4.94. The number of nitrogens with one attached hydrogen (secondary N) is 1. The number of rotatable bonds is 3.